The Bertz CT molecular complexity index is 2000. The molecule has 0 aliphatic rings. The van der Waals surface area contributed by atoms with Crippen LogP contribution in [0.2, 0.25) is 10.0 Å². The molecule has 0 atom stereocenters. The van der Waals surface area contributed by atoms with Crippen LogP contribution in [0, 0.1) is 0 Å². The van der Waals surface area contributed by atoms with Crippen LogP contribution in [0.5, 0.6) is 0 Å². The zero-order valence-corrected chi connectivity index (χ0v) is 32.4. The fourth-order valence-corrected chi connectivity index (χ4v) is 7.11. The second kappa shape index (κ2) is 11.6. The van der Waals surface area contributed by atoms with Gasteiger partial charge < -0.3 is 0 Å². The minimum atomic E-state index is 0.00611. The highest BCUT2D eigenvalue weighted by Crippen LogP contribution is 2.45. The summed E-state index contributed by atoms with van der Waals surface area (Å²) < 4.78 is 0. The van der Waals surface area contributed by atoms with Crippen molar-refractivity contribution in [3.8, 4) is 22.3 Å². The van der Waals surface area contributed by atoms with Gasteiger partial charge in [0.25, 0.3) is 0 Å². The fourth-order valence-electron chi connectivity index (χ4n) is 6.77. The average Bonchev–Trinajstić information content (AvgIpc) is 2.97. The lowest BCUT2D eigenvalue weighted by molar-refractivity contribution is 0.568. The molecule has 0 bridgehead atoms. The van der Waals surface area contributed by atoms with Crippen LogP contribution in [0.25, 0.3) is 54.6 Å². The maximum atomic E-state index is 6.78. The molecule has 0 radical (unpaired) electrons. The zero-order chi connectivity index (χ0) is 35.1. The smallest absolute Gasteiger partial charge is 0.0412 e. The van der Waals surface area contributed by atoms with E-state index in [1.807, 2.05) is 12.1 Å². The third-order valence-corrected chi connectivity index (χ3v) is 10.4. The van der Waals surface area contributed by atoms with Gasteiger partial charge in [0.2, 0.25) is 0 Å². The van der Waals surface area contributed by atoms with Crippen LogP contribution >= 0.6 is 23.2 Å². The second-order valence-corrected chi connectivity index (χ2v) is 18.8. The predicted molar refractivity (Wildman–Crippen MR) is 215 cm³/mol. The van der Waals surface area contributed by atoms with Crippen molar-refractivity contribution in [2.24, 2.45) is 0 Å². The summed E-state index contributed by atoms with van der Waals surface area (Å²) in [5, 5.41) is 8.66. The molecular formula is C46H50Cl2. The van der Waals surface area contributed by atoms with E-state index in [-0.39, 0.29) is 21.7 Å². The third kappa shape index (κ3) is 6.51. The summed E-state index contributed by atoms with van der Waals surface area (Å²) in [6.07, 6.45) is 0. The number of hydrogen-bond donors (Lipinski definition) is 0. The highest BCUT2D eigenvalue weighted by molar-refractivity contribution is 6.34. The quantitative estimate of drug-likeness (QED) is 0.161. The Kier molecular flexibility index (Phi) is 8.38. The molecule has 0 aliphatic heterocycles. The number of benzene rings is 6. The Morgan fingerprint density at radius 1 is 0.312 bits per heavy atom. The third-order valence-electron chi connectivity index (χ3n) is 9.94. The van der Waals surface area contributed by atoms with E-state index < -0.39 is 0 Å². The van der Waals surface area contributed by atoms with Crippen LogP contribution in [0.15, 0.2) is 84.9 Å². The van der Waals surface area contributed by atoms with Crippen molar-refractivity contribution in [1.29, 1.82) is 0 Å². The van der Waals surface area contributed by atoms with Crippen molar-refractivity contribution in [2.45, 2.75) is 105 Å². The first-order valence-electron chi connectivity index (χ1n) is 17.2. The highest BCUT2D eigenvalue weighted by atomic mass is 35.5. The van der Waals surface area contributed by atoms with Crippen molar-refractivity contribution in [3.63, 3.8) is 0 Å². The Balaban J connectivity index is 1.77. The van der Waals surface area contributed by atoms with Crippen LogP contribution in [-0.2, 0) is 21.7 Å². The van der Waals surface area contributed by atoms with Gasteiger partial charge >= 0.3 is 0 Å². The van der Waals surface area contributed by atoms with Gasteiger partial charge in [-0.3, -0.25) is 0 Å². The van der Waals surface area contributed by atoms with Crippen LogP contribution in [-0.4, -0.2) is 0 Å². The predicted octanol–water partition coefficient (Wildman–Crippen LogP) is 15.0. The maximum absolute atomic E-state index is 6.78. The first-order chi connectivity index (χ1) is 22.1. The number of rotatable bonds is 2. The molecule has 0 aromatic heterocycles. The van der Waals surface area contributed by atoms with Crippen LogP contribution in [0.1, 0.15) is 105 Å². The van der Waals surface area contributed by atoms with Crippen molar-refractivity contribution < 1.29 is 0 Å². The van der Waals surface area contributed by atoms with E-state index in [1.165, 1.54) is 76.8 Å². The van der Waals surface area contributed by atoms with Gasteiger partial charge in [-0.15, -0.1) is 0 Å². The summed E-state index contributed by atoms with van der Waals surface area (Å²) in [6, 6.07) is 31.9. The average molecular weight is 674 g/mol. The summed E-state index contributed by atoms with van der Waals surface area (Å²) in [4.78, 5) is 0. The number of halogens is 2. The molecule has 0 N–H and O–H groups in total. The largest absolute Gasteiger partial charge is 0.0843 e. The lowest BCUT2D eigenvalue weighted by Crippen LogP contribution is -2.16. The van der Waals surface area contributed by atoms with Crippen LogP contribution in [0.4, 0.5) is 0 Å². The molecule has 0 saturated carbocycles. The van der Waals surface area contributed by atoms with Gasteiger partial charge in [-0.2, -0.15) is 0 Å². The van der Waals surface area contributed by atoms with Gasteiger partial charge in [0, 0.05) is 10.0 Å². The summed E-state index contributed by atoms with van der Waals surface area (Å²) in [6.45, 7) is 27.6. The molecule has 248 valence electrons. The van der Waals surface area contributed by atoms with E-state index in [0.717, 1.165) is 10.0 Å². The molecule has 6 aromatic rings. The molecule has 48 heavy (non-hydrogen) atoms. The molecule has 0 aliphatic carbocycles. The summed E-state index contributed by atoms with van der Waals surface area (Å²) in [7, 11) is 0. The van der Waals surface area contributed by atoms with E-state index in [2.05, 4.69) is 156 Å². The molecule has 0 unspecified atom stereocenters. The molecule has 0 amide bonds. The fraction of sp³-hybridized carbons (Fsp3) is 0.348. The van der Waals surface area contributed by atoms with Crippen molar-refractivity contribution in [2.75, 3.05) is 0 Å². The lowest BCUT2D eigenvalue weighted by atomic mass is 9.77. The second-order valence-electron chi connectivity index (χ2n) is 17.9. The number of fused-ring (bicyclic) bond motifs is 5. The lowest BCUT2D eigenvalue weighted by Gasteiger charge is -2.27. The van der Waals surface area contributed by atoms with Gasteiger partial charge in [0.15, 0.2) is 0 Å². The Hall–Kier alpha value is -3.32. The van der Waals surface area contributed by atoms with Gasteiger partial charge in [-0.05, 0) is 135 Å². The SMILES string of the molecule is CC(C)(C)c1cc(-c2cc3c4ccc(Cl)cc4c(-c4cc(C(C)(C)C)cc(C(C)(C)C)c4)cc3c3ccc(Cl)cc23)cc(C(C)(C)C)c1. The van der Waals surface area contributed by atoms with Crippen molar-refractivity contribution >= 4 is 55.5 Å². The summed E-state index contributed by atoms with van der Waals surface area (Å²) in [5.41, 5.74) is 10.2. The molecule has 6 aromatic carbocycles. The van der Waals surface area contributed by atoms with Gasteiger partial charge in [-0.1, -0.05) is 155 Å². The molecule has 2 heteroatoms. The summed E-state index contributed by atoms with van der Waals surface area (Å²) >= 11 is 13.6. The molecule has 0 nitrogen and oxygen atoms in total. The zero-order valence-electron chi connectivity index (χ0n) is 30.8. The van der Waals surface area contributed by atoms with E-state index >= 15 is 0 Å². The van der Waals surface area contributed by atoms with E-state index in [4.69, 9.17) is 23.2 Å². The van der Waals surface area contributed by atoms with Crippen molar-refractivity contribution in [1.82, 2.24) is 0 Å². The molecule has 0 saturated heterocycles. The van der Waals surface area contributed by atoms with Crippen molar-refractivity contribution in [3.05, 3.63) is 117 Å². The minimum Gasteiger partial charge on any atom is -0.0843 e. The summed E-state index contributed by atoms with van der Waals surface area (Å²) in [5.74, 6) is 0. The van der Waals surface area contributed by atoms with Gasteiger partial charge in [0.05, 0.1) is 0 Å². The first kappa shape index (κ1) is 34.5. The molecule has 0 heterocycles. The molecule has 6 rings (SSSR count). The first-order valence-corrected chi connectivity index (χ1v) is 18.0. The topological polar surface area (TPSA) is 0 Å². The number of hydrogen-bond acceptors (Lipinski definition) is 0. The molecule has 0 fully saturated rings. The molecular weight excluding hydrogens is 623 g/mol. The van der Waals surface area contributed by atoms with E-state index in [9.17, 15) is 0 Å². The normalized spacial score (nSPS) is 13.2. The highest BCUT2D eigenvalue weighted by Gasteiger charge is 2.24. The standard InChI is InChI=1S/C46H50Cl2/c1-43(2,3)29-17-27(18-30(21-29)44(4,5)6)37-25-41-36-16-14-34(48)24-40(36)38(26-42(41)35-15-13-33(47)23-39(35)37)28-19-31(45(7,8)9)22-32(20-28)46(10,11)12/h13-26H,1-12H3. The van der Waals surface area contributed by atoms with Crippen LogP contribution < -0.4 is 0 Å². The van der Waals surface area contributed by atoms with Crippen LogP contribution in [0.3, 0.4) is 0 Å². The monoisotopic (exact) mass is 672 g/mol. The van der Waals surface area contributed by atoms with E-state index in [0.29, 0.717) is 0 Å². The van der Waals surface area contributed by atoms with Gasteiger partial charge in [-0.25, -0.2) is 0 Å². The Morgan fingerprint density at radius 2 is 0.604 bits per heavy atom. The maximum Gasteiger partial charge on any atom is 0.0412 e. The van der Waals surface area contributed by atoms with E-state index in [1.54, 1.807) is 0 Å². The Labute approximate surface area is 298 Å². The molecule has 0 spiro atoms. The Morgan fingerprint density at radius 3 is 0.875 bits per heavy atom. The minimum absolute atomic E-state index is 0.00611. The van der Waals surface area contributed by atoms with Gasteiger partial charge in [0.1, 0.15) is 0 Å².